The van der Waals surface area contributed by atoms with Crippen LogP contribution in [0.2, 0.25) is 0 Å². The summed E-state index contributed by atoms with van der Waals surface area (Å²) in [4.78, 5) is 0. The van der Waals surface area contributed by atoms with Crippen LogP contribution in [0.25, 0.3) is 0 Å². The second-order valence-electron chi connectivity index (χ2n) is 6.12. The Morgan fingerprint density at radius 2 is 1.81 bits per heavy atom. The Morgan fingerprint density at radius 1 is 1.19 bits per heavy atom. The summed E-state index contributed by atoms with van der Waals surface area (Å²) >= 11 is 0. The van der Waals surface area contributed by atoms with Gasteiger partial charge >= 0.3 is 0 Å². The second kappa shape index (κ2) is 7.98. The third-order valence-corrected chi connectivity index (χ3v) is 4.65. The molecule has 0 heterocycles. The molecule has 1 fully saturated rings. The quantitative estimate of drug-likeness (QED) is 0.668. The monoisotopic (exact) mass is 285 g/mol. The van der Waals surface area contributed by atoms with Gasteiger partial charge in [0, 0.05) is 0 Å². The topological polar surface area (TPSA) is 23.8 Å². The predicted octanol–water partition coefficient (Wildman–Crippen LogP) is 5.36. The van der Waals surface area contributed by atoms with Gasteiger partial charge in [-0.1, -0.05) is 31.2 Å². The molecule has 1 aromatic rings. The van der Waals surface area contributed by atoms with Crippen molar-refractivity contribution >= 4 is 0 Å². The first-order valence-corrected chi connectivity index (χ1v) is 8.06. The van der Waals surface area contributed by atoms with Crippen molar-refractivity contribution in [1.29, 1.82) is 5.26 Å². The fraction of sp³-hybridized carbons (Fsp3) is 0.526. The van der Waals surface area contributed by atoms with Crippen LogP contribution >= 0.6 is 0 Å². The molecule has 0 aliphatic heterocycles. The SMILES string of the molecule is CCc1ccc(CCC2CCC(/C=C(/F)C#N)CC2)cc1. The van der Waals surface area contributed by atoms with E-state index in [0.29, 0.717) is 0 Å². The van der Waals surface area contributed by atoms with Gasteiger partial charge in [0.15, 0.2) is 5.83 Å². The lowest BCUT2D eigenvalue weighted by atomic mass is 9.79. The van der Waals surface area contributed by atoms with Crippen LogP contribution in [0, 0.1) is 23.2 Å². The molecular formula is C19H24FN. The fourth-order valence-electron chi connectivity index (χ4n) is 3.20. The lowest BCUT2D eigenvalue weighted by molar-refractivity contribution is 0.294. The Hall–Kier alpha value is -1.62. The van der Waals surface area contributed by atoms with Gasteiger partial charge in [-0.2, -0.15) is 9.65 Å². The van der Waals surface area contributed by atoms with E-state index in [1.165, 1.54) is 23.6 Å². The van der Waals surface area contributed by atoms with E-state index in [9.17, 15) is 4.39 Å². The van der Waals surface area contributed by atoms with Gasteiger partial charge in [0.05, 0.1) is 0 Å². The fourth-order valence-corrected chi connectivity index (χ4v) is 3.20. The van der Waals surface area contributed by atoms with Crippen molar-refractivity contribution in [1.82, 2.24) is 0 Å². The van der Waals surface area contributed by atoms with Crippen LogP contribution < -0.4 is 0 Å². The molecule has 0 atom stereocenters. The molecule has 2 rings (SSSR count). The summed E-state index contributed by atoms with van der Waals surface area (Å²) < 4.78 is 12.9. The van der Waals surface area contributed by atoms with E-state index in [0.717, 1.165) is 44.4 Å². The summed E-state index contributed by atoms with van der Waals surface area (Å²) in [5, 5.41) is 8.47. The first kappa shape index (κ1) is 15.8. The minimum Gasteiger partial charge on any atom is -0.195 e. The Kier molecular flexibility index (Phi) is 5.99. The molecule has 1 saturated carbocycles. The van der Waals surface area contributed by atoms with Crippen molar-refractivity contribution in [3.05, 3.63) is 47.3 Å². The molecule has 112 valence electrons. The highest BCUT2D eigenvalue weighted by Gasteiger charge is 2.20. The number of aryl methyl sites for hydroxylation is 2. The summed E-state index contributed by atoms with van der Waals surface area (Å²) in [5.41, 5.74) is 2.82. The van der Waals surface area contributed by atoms with Crippen molar-refractivity contribution in [2.75, 3.05) is 0 Å². The number of allylic oxidation sites excluding steroid dienone is 2. The van der Waals surface area contributed by atoms with Crippen molar-refractivity contribution in [2.24, 2.45) is 11.8 Å². The zero-order valence-electron chi connectivity index (χ0n) is 12.8. The molecule has 1 aliphatic carbocycles. The highest BCUT2D eigenvalue weighted by Crippen LogP contribution is 2.33. The first-order chi connectivity index (χ1) is 10.2. The smallest absolute Gasteiger partial charge is 0.195 e. The van der Waals surface area contributed by atoms with Gasteiger partial charge < -0.3 is 0 Å². The minimum atomic E-state index is -0.616. The largest absolute Gasteiger partial charge is 0.196 e. The van der Waals surface area contributed by atoms with Gasteiger partial charge in [-0.15, -0.1) is 0 Å². The predicted molar refractivity (Wildman–Crippen MR) is 84.4 cm³/mol. The number of hydrogen-bond acceptors (Lipinski definition) is 1. The molecule has 0 spiro atoms. The van der Waals surface area contributed by atoms with Crippen LogP contribution in [-0.2, 0) is 12.8 Å². The van der Waals surface area contributed by atoms with Crippen LogP contribution in [0.3, 0.4) is 0 Å². The standard InChI is InChI=1S/C19H24FN/c1-2-15-3-5-16(6-4-15)7-8-17-9-11-18(12-10-17)13-19(20)14-21/h3-6,13,17-18H,2,7-12H2,1H3/b19-13+. The van der Waals surface area contributed by atoms with E-state index >= 15 is 0 Å². The van der Waals surface area contributed by atoms with Crippen LogP contribution in [0.5, 0.6) is 0 Å². The number of hydrogen-bond donors (Lipinski definition) is 0. The highest BCUT2D eigenvalue weighted by atomic mass is 19.1. The minimum absolute atomic E-state index is 0.268. The third-order valence-electron chi connectivity index (χ3n) is 4.65. The van der Waals surface area contributed by atoms with Gasteiger partial charge in [-0.25, -0.2) is 0 Å². The van der Waals surface area contributed by atoms with Gasteiger partial charge in [-0.05, 0) is 74.0 Å². The maximum Gasteiger partial charge on any atom is 0.196 e. The van der Waals surface area contributed by atoms with Crippen molar-refractivity contribution in [3.63, 3.8) is 0 Å². The maximum atomic E-state index is 12.9. The average molecular weight is 285 g/mol. The summed E-state index contributed by atoms with van der Waals surface area (Å²) in [6, 6.07) is 10.5. The average Bonchev–Trinajstić information content (AvgIpc) is 2.54. The number of halogens is 1. The first-order valence-electron chi connectivity index (χ1n) is 8.06. The van der Waals surface area contributed by atoms with Crippen molar-refractivity contribution in [2.45, 2.75) is 51.9 Å². The van der Waals surface area contributed by atoms with Gasteiger partial charge in [-0.3, -0.25) is 0 Å². The van der Waals surface area contributed by atoms with Gasteiger partial charge in [0.1, 0.15) is 6.07 Å². The van der Waals surface area contributed by atoms with Crippen LogP contribution in [-0.4, -0.2) is 0 Å². The molecule has 21 heavy (non-hydrogen) atoms. The summed E-state index contributed by atoms with van der Waals surface area (Å²) in [6.07, 6.45) is 9.34. The number of rotatable bonds is 5. The molecular weight excluding hydrogens is 261 g/mol. The summed E-state index contributed by atoms with van der Waals surface area (Å²) in [6.45, 7) is 2.18. The third kappa shape index (κ3) is 5.01. The number of nitrogens with zero attached hydrogens (tertiary/aromatic N) is 1. The lowest BCUT2D eigenvalue weighted by Crippen LogP contribution is -2.14. The van der Waals surface area contributed by atoms with E-state index in [1.54, 1.807) is 6.07 Å². The lowest BCUT2D eigenvalue weighted by Gasteiger charge is -2.26. The zero-order chi connectivity index (χ0) is 15.1. The Balaban J connectivity index is 1.75. The summed E-state index contributed by atoms with van der Waals surface area (Å²) in [7, 11) is 0. The van der Waals surface area contributed by atoms with Gasteiger partial charge in [0.2, 0.25) is 0 Å². The van der Waals surface area contributed by atoms with Gasteiger partial charge in [0.25, 0.3) is 0 Å². The molecule has 0 radical (unpaired) electrons. The Bertz CT molecular complexity index is 501. The molecule has 1 nitrogen and oxygen atoms in total. The zero-order valence-corrected chi connectivity index (χ0v) is 12.8. The molecule has 0 saturated heterocycles. The molecule has 1 aromatic carbocycles. The van der Waals surface area contributed by atoms with Crippen molar-refractivity contribution < 1.29 is 4.39 Å². The Labute approximate surface area is 127 Å². The van der Waals surface area contributed by atoms with E-state index < -0.39 is 5.83 Å². The summed E-state index contributed by atoms with van der Waals surface area (Å²) in [5.74, 6) is 0.407. The maximum absolute atomic E-state index is 12.9. The molecule has 0 N–H and O–H groups in total. The van der Waals surface area contributed by atoms with E-state index in [4.69, 9.17) is 5.26 Å². The molecule has 2 heteroatoms. The number of benzene rings is 1. The molecule has 0 bridgehead atoms. The number of nitriles is 1. The second-order valence-corrected chi connectivity index (χ2v) is 6.12. The highest BCUT2D eigenvalue weighted by molar-refractivity contribution is 5.22. The normalized spacial score (nSPS) is 22.8. The molecule has 1 aliphatic rings. The van der Waals surface area contributed by atoms with E-state index in [1.807, 2.05) is 0 Å². The molecule has 0 amide bonds. The van der Waals surface area contributed by atoms with E-state index in [2.05, 4.69) is 31.2 Å². The van der Waals surface area contributed by atoms with Crippen LogP contribution in [0.1, 0.15) is 50.2 Å². The van der Waals surface area contributed by atoms with E-state index in [-0.39, 0.29) is 5.92 Å². The Morgan fingerprint density at radius 3 is 2.38 bits per heavy atom. The van der Waals surface area contributed by atoms with Crippen molar-refractivity contribution in [3.8, 4) is 6.07 Å². The van der Waals surface area contributed by atoms with Crippen LogP contribution in [0.15, 0.2) is 36.2 Å². The van der Waals surface area contributed by atoms with Crippen LogP contribution in [0.4, 0.5) is 4.39 Å². The molecule has 0 unspecified atom stereocenters. The molecule has 0 aromatic heterocycles.